The van der Waals surface area contributed by atoms with Gasteiger partial charge < -0.3 is 4.90 Å². The van der Waals surface area contributed by atoms with Crippen LogP contribution in [0.15, 0.2) is 0 Å². The van der Waals surface area contributed by atoms with Crippen LogP contribution in [-0.4, -0.2) is 44.6 Å². The molecule has 0 unspecified atom stereocenters. The molecule has 1 heterocycles. The van der Waals surface area contributed by atoms with Gasteiger partial charge in [-0.1, -0.05) is 26.7 Å². The van der Waals surface area contributed by atoms with E-state index in [9.17, 15) is 10.1 Å². The van der Waals surface area contributed by atoms with Gasteiger partial charge in [-0.3, -0.25) is 9.63 Å². The first-order valence-electron chi connectivity index (χ1n) is 9.50. The van der Waals surface area contributed by atoms with E-state index in [4.69, 9.17) is 4.84 Å². The minimum atomic E-state index is -0.978. The fraction of sp³-hybridized carbons (Fsp3) is 0.900. The molecule has 144 valence electrons. The number of amides is 1. The van der Waals surface area contributed by atoms with Crippen molar-refractivity contribution in [1.29, 1.82) is 5.26 Å². The van der Waals surface area contributed by atoms with E-state index in [1.807, 2.05) is 9.96 Å². The van der Waals surface area contributed by atoms with Gasteiger partial charge >= 0.3 is 0 Å². The number of carbonyl (C=O) groups excluding carboxylic acids is 1. The molecule has 1 amide bonds. The lowest BCUT2D eigenvalue weighted by Gasteiger charge is -2.59. The van der Waals surface area contributed by atoms with Crippen LogP contribution >= 0.6 is 0 Å². The summed E-state index contributed by atoms with van der Waals surface area (Å²) in [6.45, 7) is 18.7. The van der Waals surface area contributed by atoms with Crippen LogP contribution in [0.5, 0.6) is 0 Å². The molecule has 25 heavy (non-hydrogen) atoms. The van der Waals surface area contributed by atoms with Crippen molar-refractivity contribution >= 4 is 5.91 Å². The Morgan fingerprint density at radius 2 is 1.60 bits per heavy atom. The fourth-order valence-electron chi connectivity index (χ4n) is 3.81. The highest BCUT2D eigenvalue weighted by atomic mass is 16.7. The third kappa shape index (κ3) is 4.35. The highest BCUT2D eigenvalue weighted by Gasteiger charge is 2.58. The summed E-state index contributed by atoms with van der Waals surface area (Å²) in [4.78, 5) is 21.9. The number of hydroxylamine groups is 2. The Labute approximate surface area is 154 Å². The molecule has 0 N–H and O–H groups in total. The number of nitrogens with zero attached hydrogens (tertiary/aromatic N) is 3. The topological polar surface area (TPSA) is 56.6 Å². The first-order valence-corrected chi connectivity index (χ1v) is 9.50. The van der Waals surface area contributed by atoms with E-state index in [-0.39, 0.29) is 17.0 Å². The summed E-state index contributed by atoms with van der Waals surface area (Å²) in [5, 5.41) is 11.4. The van der Waals surface area contributed by atoms with Crippen LogP contribution in [0.1, 0.15) is 88.0 Å². The first kappa shape index (κ1) is 21.9. The Morgan fingerprint density at radius 3 is 1.96 bits per heavy atom. The molecule has 0 aliphatic carbocycles. The molecule has 1 rings (SSSR count). The second-order valence-electron chi connectivity index (χ2n) is 9.41. The van der Waals surface area contributed by atoms with Crippen molar-refractivity contribution in [2.45, 2.75) is 110 Å². The Bertz CT molecular complexity index is 520. The number of carbonyl (C=O) groups is 1. The number of rotatable bonds is 6. The average Bonchev–Trinajstić information content (AvgIpc) is 2.47. The molecule has 0 spiro atoms. The number of piperazine rings is 1. The van der Waals surface area contributed by atoms with E-state index < -0.39 is 11.1 Å². The van der Waals surface area contributed by atoms with Gasteiger partial charge in [-0.25, -0.2) is 0 Å². The summed E-state index contributed by atoms with van der Waals surface area (Å²) in [6, 6.07) is 2.22. The van der Waals surface area contributed by atoms with Gasteiger partial charge in [-0.2, -0.15) is 10.3 Å². The molecule has 1 aliphatic heterocycles. The van der Waals surface area contributed by atoms with E-state index in [1.165, 1.54) is 0 Å². The van der Waals surface area contributed by atoms with Gasteiger partial charge in [0.2, 0.25) is 5.91 Å². The standard InChI is InChI=1S/C20H37N3O2/c1-10-12-20(13-11-2)16(24)22(17(3,4)5)15-18(6,7)23(20)25-19(8,9)14-21/h10-13,15H2,1-9H3. The predicted molar refractivity (Wildman–Crippen MR) is 101 cm³/mol. The minimum absolute atomic E-state index is 0.122. The van der Waals surface area contributed by atoms with Crippen LogP contribution in [0.4, 0.5) is 0 Å². The maximum Gasteiger partial charge on any atom is 0.245 e. The highest BCUT2D eigenvalue weighted by Crippen LogP contribution is 2.43. The van der Waals surface area contributed by atoms with Gasteiger partial charge in [0.15, 0.2) is 5.60 Å². The molecule has 0 aromatic rings. The smallest absolute Gasteiger partial charge is 0.245 e. The van der Waals surface area contributed by atoms with Gasteiger partial charge in [-0.05, 0) is 61.3 Å². The van der Waals surface area contributed by atoms with Crippen molar-refractivity contribution in [3.05, 3.63) is 0 Å². The number of hydrogen-bond donors (Lipinski definition) is 0. The Hall–Kier alpha value is -1.12. The second kappa shape index (κ2) is 7.25. The molecule has 0 bridgehead atoms. The van der Waals surface area contributed by atoms with E-state index in [2.05, 4.69) is 54.5 Å². The molecule has 1 saturated heterocycles. The molecular weight excluding hydrogens is 314 g/mol. The minimum Gasteiger partial charge on any atom is -0.334 e. The average molecular weight is 352 g/mol. The number of hydrogen-bond acceptors (Lipinski definition) is 4. The van der Waals surface area contributed by atoms with Crippen molar-refractivity contribution in [3.63, 3.8) is 0 Å². The Morgan fingerprint density at radius 1 is 1.12 bits per heavy atom. The molecule has 5 heteroatoms. The zero-order chi connectivity index (χ0) is 19.7. The molecule has 1 aliphatic rings. The Kier molecular flexibility index (Phi) is 6.35. The van der Waals surface area contributed by atoms with E-state index in [0.717, 1.165) is 25.7 Å². The van der Waals surface area contributed by atoms with Crippen LogP contribution in [0.3, 0.4) is 0 Å². The summed E-state index contributed by atoms with van der Waals surface area (Å²) in [6.07, 6.45) is 3.20. The lowest BCUT2D eigenvalue weighted by atomic mass is 9.78. The van der Waals surface area contributed by atoms with Crippen LogP contribution in [0, 0.1) is 11.3 Å². The predicted octanol–water partition coefficient (Wildman–Crippen LogP) is 4.28. The largest absolute Gasteiger partial charge is 0.334 e. The first-order chi connectivity index (χ1) is 11.3. The third-order valence-corrected chi connectivity index (χ3v) is 4.85. The molecular formula is C20H37N3O2. The van der Waals surface area contributed by atoms with Crippen molar-refractivity contribution in [3.8, 4) is 6.07 Å². The molecule has 0 saturated carbocycles. The molecule has 0 aromatic carbocycles. The van der Waals surface area contributed by atoms with Gasteiger partial charge in [0.1, 0.15) is 5.54 Å². The second-order valence-corrected chi connectivity index (χ2v) is 9.41. The monoisotopic (exact) mass is 351 g/mol. The van der Waals surface area contributed by atoms with E-state index in [0.29, 0.717) is 6.54 Å². The van der Waals surface area contributed by atoms with E-state index >= 15 is 0 Å². The van der Waals surface area contributed by atoms with Gasteiger partial charge in [0.25, 0.3) is 0 Å². The van der Waals surface area contributed by atoms with Crippen LogP contribution in [0.25, 0.3) is 0 Å². The van der Waals surface area contributed by atoms with Crippen LogP contribution in [0.2, 0.25) is 0 Å². The van der Waals surface area contributed by atoms with Crippen molar-refractivity contribution < 1.29 is 9.63 Å². The Balaban J connectivity index is 3.54. The van der Waals surface area contributed by atoms with Gasteiger partial charge in [-0.15, -0.1) is 0 Å². The van der Waals surface area contributed by atoms with Gasteiger partial charge in [0, 0.05) is 12.1 Å². The third-order valence-electron chi connectivity index (χ3n) is 4.85. The maximum absolute atomic E-state index is 13.7. The molecule has 1 fully saturated rings. The zero-order valence-corrected chi connectivity index (χ0v) is 17.7. The summed E-state index contributed by atoms with van der Waals surface area (Å²) in [5.74, 6) is 0.122. The number of nitriles is 1. The molecule has 5 nitrogen and oxygen atoms in total. The van der Waals surface area contributed by atoms with Crippen molar-refractivity contribution in [2.24, 2.45) is 0 Å². The van der Waals surface area contributed by atoms with Gasteiger partial charge in [0.05, 0.1) is 11.6 Å². The highest BCUT2D eigenvalue weighted by molar-refractivity contribution is 5.88. The maximum atomic E-state index is 13.7. The summed E-state index contributed by atoms with van der Waals surface area (Å²) in [7, 11) is 0. The molecule has 0 aromatic heterocycles. The lowest BCUT2D eigenvalue weighted by molar-refractivity contribution is -0.323. The summed E-state index contributed by atoms with van der Waals surface area (Å²) >= 11 is 0. The van der Waals surface area contributed by atoms with Crippen LogP contribution in [-0.2, 0) is 9.63 Å². The fourth-order valence-corrected chi connectivity index (χ4v) is 3.81. The normalized spacial score (nSPS) is 21.3. The lowest BCUT2D eigenvalue weighted by Crippen LogP contribution is -2.76. The zero-order valence-electron chi connectivity index (χ0n) is 17.7. The summed E-state index contributed by atoms with van der Waals surface area (Å²) in [5.41, 5.74) is -2.35. The van der Waals surface area contributed by atoms with Crippen LogP contribution < -0.4 is 0 Å². The SMILES string of the molecule is CCCC1(CCC)C(=O)N(C(C)(C)C)CC(C)(C)N1OC(C)(C)C#N. The van der Waals surface area contributed by atoms with Crippen molar-refractivity contribution in [2.75, 3.05) is 6.54 Å². The van der Waals surface area contributed by atoms with E-state index in [1.54, 1.807) is 13.8 Å². The summed E-state index contributed by atoms with van der Waals surface area (Å²) < 4.78 is 0. The quantitative estimate of drug-likeness (QED) is 0.716. The molecule has 0 radical (unpaired) electrons. The molecule has 0 atom stereocenters. The van der Waals surface area contributed by atoms with Crippen molar-refractivity contribution in [1.82, 2.24) is 9.96 Å².